The number of carbonyl (C=O) groups is 2. The van der Waals surface area contributed by atoms with Crippen molar-refractivity contribution >= 4 is 65.0 Å². The molecule has 0 saturated heterocycles. The minimum Gasteiger partial charge on any atom is -0.462 e. The van der Waals surface area contributed by atoms with Crippen LogP contribution in [-0.4, -0.2) is 57.4 Å². The summed E-state index contributed by atoms with van der Waals surface area (Å²) in [6.45, 7) is 27.8. The molecule has 0 saturated carbocycles. The highest BCUT2D eigenvalue weighted by molar-refractivity contribution is 6.92. The second-order valence-electron chi connectivity index (χ2n) is 17.8. The first kappa shape index (κ1) is 45.3. The van der Waals surface area contributed by atoms with Gasteiger partial charge in [-0.3, -0.25) is 0 Å². The van der Waals surface area contributed by atoms with E-state index in [1.807, 2.05) is 12.2 Å². The number of benzene rings is 3. The van der Waals surface area contributed by atoms with Crippen LogP contribution in [0.1, 0.15) is 72.1 Å². The lowest BCUT2D eigenvalue weighted by molar-refractivity contribution is 0.0457. The molecule has 3 rings (SSSR count). The number of rotatable bonds is 24. The van der Waals surface area contributed by atoms with E-state index in [1.165, 1.54) is 58.5 Å². The van der Waals surface area contributed by atoms with Gasteiger partial charge < -0.3 is 9.47 Å². The second kappa shape index (κ2) is 21.3. The Morgan fingerprint density at radius 2 is 0.741 bits per heavy atom. The summed E-state index contributed by atoms with van der Waals surface area (Å²) in [4.78, 5) is 26.3. The molecule has 0 spiro atoms. The minimum absolute atomic E-state index is 0.271. The summed E-state index contributed by atoms with van der Waals surface area (Å²) in [6.07, 6.45) is 12.8. The quantitative estimate of drug-likeness (QED) is 0.0392. The Hall–Kier alpha value is -3.05. The number of esters is 2. The van der Waals surface area contributed by atoms with Crippen molar-refractivity contribution < 1.29 is 19.1 Å². The lowest BCUT2D eigenvalue weighted by Crippen LogP contribution is -2.45. The van der Waals surface area contributed by atoms with Gasteiger partial charge in [0.25, 0.3) is 0 Å². The fraction of sp³-hybridized carbons (Fsp3) is 0.478. The van der Waals surface area contributed by atoms with Crippen LogP contribution in [0.25, 0.3) is 0 Å². The molecular weight excluding hydrogens is 729 g/mol. The van der Waals surface area contributed by atoms with Crippen LogP contribution in [0.4, 0.5) is 0 Å². The van der Waals surface area contributed by atoms with Crippen LogP contribution in [0.3, 0.4) is 0 Å². The fourth-order valence-corrected chi connectivity index (χ4v) is 17.1. The standard InChI is InChI=1S/C46H70O4Si4/c1-11-13-15-19-35-51(3,4)39-25-29-41(30-26-39)53(7,8)37-21-33-49-45(47)43-23-17-18-24-44(43)46(48)50-34-22-38-54(9,10)42-31-27-40(28-32-42)52(5,6)36-20-16-14-12-2/h11-12,17-18,23-32H,1-2,13-16,19-22,33-38H2,3-10H3. The second-order valence-corrected chi connectivity index (χ2v) is 37.2. The zero-order chi connectivity index (χ0) is 39.8. The maximum absolute atomic E-state index is 13.2. The molecule has 0 heterocycles. The van der Waals surface area contributed by atoms with Gasteiger partial charge in [-0.25, -0.2) is 9.59 Å². The third-order valence-corrected chi connectivity index (χ3v) is 25.5. The number of ether oxygens (including phenoxy) is 2. The molecule has 0 aliphatic rings. The Bertz CT molecular complexity index is 1520. The molecular formula is C46H70O4Si4. The van der Waals surface area contributed by atoms with E-state index < -0.39 is 44.2 Å². The predicted octanol–water partition coefficient (Wildman–Crippen LogP) is 10.6. The molecule has 3 aromatic rings. The summed E-state index contributed by atoms with van der Waals surface area (Å²) in [7, 11) is -6.32. The molecule has 0 amide bonds. The van der Waals surface area contributed by atoms with Crippen molar-refractivity contribution in [3.63, 3.8) is 0 Å². The van der Waals surface area contributed by atoms with Gasteiger partial charge >= 0.3 is 11.9 Å². The molecule has 0 bridgehead atoms. The molecule has 0 fully saturated rings. The van der Waals surface area contributed by atoms with Crippen molar-refractivity contribution in [2.24, 2.45) is 0 Å². The third-order valence-electron chi connectivity index (χ3n) is 11.5. The van der Waals surface area contributed by atoms with E-state index in [4.69, 9.17) is 9.47 Å². The average molecular weight is 799 g/mol. The van der Waals surface area contributed by atoms with Gasteiger partial charge in [-0.15, -0.1) is 13.2 Å². The van der Waals surface area contributed by atoms with E-state index in [-0.39, 0.29) is 11.1 Å². The van der Waals surface area contributed by atoms with Crippen LogP contribution in [0.5, 0.6) is 0 Å². The Labute approximate surface area is 332 Å². The van der Waals surface area contributed by atoms with Gasteiger partial charge in [0.15, 0.2) is 0 Å². The molecule has 0 atom stereocenters. The lowest BCUT2D eigenvalue weighted by Gasteiger charge is -2.26. The van der Waals surface area contributed by atoms with Crippen LogP contribution >= 0.6 is 0 Å². The average Bonchev–Trinajstić information content (AvgIpc) is 3.15. The molecule has 0 radical (unpaired) electrons. The first-order valence-corrected chi connectivity index (χ1v) is 33.2. The number of unbranched alkanes of at least 4 members (excludes halogenated alkanes) is 4. The zero-order valence-corrected chi connectivity index (χ0v) is 39.0. The highest BCUT2D eigenvalue weighted by Crippen LogP contribution is 2.20. The summed E-state index contributed by atoms with van der Waals surface area (Å²) in [5.41, 5.74) is 0.542. The van der Waals surface area contributed by atoms with Crippen molar-refractivity contribution in [1.82, 2.24) is 0 Å². The van der Waals surface area contributed by atoms with Crippen LogP contribution < -0.4 is 20.7 Å². The van der Waals surface area contributed by atoms with Gasteiger partial charge in [0.05, 0.1) is 56.6 Å². The monoisotopic (exact) mass is 798 g/mol. The first-order chi connectivity index (χ1) is 25.5. The Balaban J connectivity index is 1.46. The SMILES string of the molecule is C=CCCCC[Si](C)(C)c1ccc([Si](C)(C)CCCOC(=O)c2ccccc2C(=O)OCCC[Si](C)(C)c2ccc([Si](C)(C)CCCCC=C)cc2)cc1. The van der Waals surface area contributed by atoms with Gasteiger partial charge in [-0.05, 0) is 37.8 Å². The van der Waals surface area contributed by atoms with Crippen molar-refractivity contribution in [2.75, 3.05) is 13.2 Å². The minimum atomic E-state index is -1.71. The van der Waals surface area contributed by atoms with E-state index in [9.17, 15) is 9.59 Å². The maximum atomic E-state index is 13.2. The van der Waals surface area contributed by atoms with Gasteiger partial charge in [-0.1, -0.05) is 196 Å². The van der Waals surface area contributed by atoms with Crippen molar-refractivity contribution in [3.05, 3.63) is 109 Å². The Kier molecular flexibility index (Phi) is 17.9. The van der Waals surface area contributed by atoms with Gasteiger partial charge in [-0.2, -0.15) is 0 Å². The van der Waals surface area contributed by atoms with Crippen LogP contribution in [0, 0.1) is 0 Å². The number of carbonyl (C=O) groups excluding carboxylic acids is 2. The maximum Gasteiger partial charge on any atom is 0.339 e. The van der Waals surface area contributed by atoms with E-state index >= 15 is 0 Å². The van der Waals surface area contributed by atoms with Gasteiger partial charge in [0.1, 0.15) is 0 Å². The zero-order valence-electron chi connectivity index (χ0n) is 35.0. The summed E-state index contributed by atoms with van der Waals surface area (Å²) >= 11 is 0. The van der Waals surface area contributed by atoms with E-state index in [2.05, 4.69) is 114 Å². The Morgan fingerprint density at radius 3 is 1.02 bits per heavy atom. The largest absolute Gasteiger partial charge is 0.462 e. The fourth-order valence-electron chi connectivity index (χ4n) is 7.39. The van der Waals surface area contributed by atoms with E-state index in [1.54, 1.807) is 24.3 Å². The molecule has 4 nitrogen and oxygen atoms in total. The normalized spacial score (nSPS) is 12.3. The molecule has 0 aromatic heterocycles. The Morgan fingerprint density at radius 1 is 0.463 bits per heavy atom. The summed E-state index contributed by atoms with van der Waals surface area (Å²) in [5, 5.41) is 5.94. The molecule has 0 unspecified atom stereocenters. The topological polar surface area (TPSA) is 52.6 Å². The summed E-state index contributed by atoms with van der Waals surface area (Å²) in [6, 6.07) is 30.4. The molecule has 8 heteroatoms. The van der Waals surface area contributed by atoms with Crippen molar-refractivity contribution in [1.29, 1.82) is 0 Å². The number of hydrogen-bond donors (Lipinski definition) is 0. The molecule has 0 N–H and O–H groups in total. The van der Waals surface area contributed by atoms with E-state index in [0.717, 1.165) is 37.8 Å². The highest BCUT2D eigenvalue weighted by Gasteiger charge is 2.28. The van der Waals surface area contributed by atoms with Crippen LogP contribution in [-0.2, 0) is 9.47 Å². The predicted molar refractivity (Wildman–Crippen MR) is 245 cm³/mol. The van der Waals surface area contributed by atoms with E-state index in [0.29, 0.717) is 13.2 Å². The number of allylic oxidation sites excluding steroid dienone is 2. The van der Waals surface area contributed by atoms with Crippen LogP contribution in [0.15, 0.2) is 98.1 Å². The summed E-state index contributed by atoms with van der Waals surface area (Å²) in [5.74, 6) is -0.932. The first-order valence-electron chi connectivity index (χ1n) is 20.4. The summed E-state index contributed by atoms with van der Waals surface area (Å²) < 4.78 is 11.5. The van der Waals surface area contributed by atoms with Crippen molar-refractivity contribution in [3.8, 4) is 0 Å². The highest BCUT2D eigenvalue weighted by atomic mass is 28.3. The van der Waals surface area contributed by atoms with Crippen LogP contribution in [0.2, 0.25) is 76.6 Å². The van der Waals surface area contributed by atoms with Gasteiger partial charge in [0.2, 0.25) is 0 Å². The lowest BCUT2D eigenvalue weighted by atomic mass is 10.1. The number of hydrogen-bond acceptors (Lipinski definition) is 4. The molecule has 3 aromatic carbocycles. The molecule has 54 heavy (non-hydrogen) atoms. The van der Waals surface area contributed by atoms with Crippen molar-refractivity contribution in [2.45, 2.75) is 128 Å². The third kappa shape index (κ3) is 13.9. The smallest absolute Gasteiger partial charge is 0.339 e. The van der Waals surface area contributed by atoms with Gasteiger partial charge in [0, 0.05) is 0 Å². The molecule has 0 aliphatic heterocycles. The molecule has 0 aliphatic carbocycles. The molecule has 294 valence electrons.